The predicted molar refractivity (Wildman–Crippen MR) is 135 cm³/mol. The van der Waals surface area contributed by atoms with E-state index in [2.05, 4.69) is 40.7 Å². The Balaban J connectivity index is 1.58. The summed E-state index contributed by atoms with van der Waals surface area (Å²) in [6.07, 6.45) is 0.929. The molecule has 0 atom stereocenters. The molecule has 0 aliphatic carbocycles. The van der Waals surface area contributed by atoms with Crippen LogP contribution in [-0.2, 0) is 17.7 Å². The van der Waals surface area contributed by atoms with Gasteiger partial charge in [0.05, 0.1) is 6.61 Å². The summed E-state index contributed by atoms with van der Waals surface area (Å²) >= 11 is 8.13. The topological polar surface area (TPSA) is 42.7 Å². The third kappa shape index (κ3) is 5.80. The van der Waals surface area contributed by atoms with Crippen LogP contribution in [0.2, 0.25) is 5.02 Å². The smallest absolute Gasteiger partial charge is 0.374 e. The van der Waals surface area contributed by atoms with Crippen molar-refractivity contribution in [3.63, 3.8) is 0 Å². The third-order valence-corrected chi connectivity index (χ3v) is 6.80. The number of carbonyl (C=O) groups excluding carboxylic acids is 1. The molecule has 0 spiro atoms. The molecule has 4 nitrogen and oxygen atoms in total. The highest BCUT2D eigenvalue weighted by Gasteiger charge is 2.19. The molecular weight excluding hydrogens is 454 g/mol. The lowest BCUT2D eigenvalue weighted by molar-refractivity contribution is 0.0491. The second kappa shape index (κ2) is 10.9. The number of ether oxygens (including phenoxy) is 1. The molecule has 0 aliphatic rings. The molecule has 0 bridgehead atoms. The number of benzene rings is 3. The van der Waals surface area contributed by atoms with E-state index < -0.39 is 5.97 Å². The predicted octanol–water partition coefficient (Wildman–Crippen LogP) is 7.32. The van der Waals surface area contributed by atoms with Gasteiger partial charge in [-0.3, -0.25) is 0 Å². The van der Waals surface area contributed by atoms with Crippen LogP contribution in [0.5, 0.6) is 0 Å². The van der Waals surface area contributed by atoms with Crippen LogP contribution in [0.15, 0.2) is 82.1 Å². The van der Waals surface area contributed by atoms with Crippen molar-refractivity contribution in [3.8, 4) is 0 Å². The summed E-state index contributed by atoms with van der Waals surface area (Å²) < 4.78 is 13.2. The highest BCUT2D eigenvalue weighted by molar-refractivity contribution is 7.97. The molecule has 0 radical (unpaired) electrons. The van der Waals surface area contributed by atoms with Gasteiger partial charge < -0.3 is 9.15 Å². The summed E-state index contributed by atoms with van der Waals surface area (Å²) in [6.45, 7) is 5.57. The average Bonchev–Trinajstić information content (AvgIpc) is 3.16. The van der Waals surface area contributed by atoms with Gasteiger partial charge in [0.1, 0.15) is 5.58 Å². The van der Waals surface area contributed by atoms with Crippen molar-refractivity contribution in [1.82, 2.24) is 4.31 Å². The SMILES string of the molecule is CCOC(=O)c1oc2ccc(SN(CCc3ccccc3)Cc3ccccc3Cl)cc2c1C. The number of fused-ring (bicyclic) bond motifs is 1. The molecule has 0 N–H and O–H groups in total. The van der Waals surface area contributed by atoms with Crippen molar-refractivity contribution < 1.29 is 13.9 Å². The Morgan fingerprint density at radius 2 is 1.82 bits per heavy atom. The van der Waals surface area contributed by atoms with E-state index in [4.69, 9.17) is 20.8 Å². The maximum absolute atomic E-state index is 12.2. The van der Waals surface area contributed by atoms with Crippen molar-refractivity contribution in [2.75, 3.05) is 13.2 Å². The Kier molecular flexibility index (Phi) is 7.76. The first kappa shape index (κ1) is 23.4. The molecule has 6 heteroatoms. The molecule has 0 unspecified atom stereocenters. The summed E-state index contributed by atoms with van der Waals surface area (Å²) in [6, 6.07) is 24.4. The van der Waals surface area contributed by atoms with Crippen molar-refractivity contribution in [2.24, 2.45) is 0 Å². The standard InChI is InChI=1S/C27H26ClNO3S/c1-3-31-27(30)26-19(2)23-17-22(13-14-25(23)32-26)33-29(16-15-20-9-5-4-6-10-20)18-21-11-7-8-12-24(21)28/h4-14,17H,3,15-16,18H2,1-2H3. The first-order valence-corrected chi connectivity index (χ1v) is 12.1. The van der Waals surface area contributed by atoms with Crippen LogP contribution in [0.3, 0.4) is 0 Å². The number of aryl methyl sites for hydroxylation is 1. The summed E-state index contributed by atoms with van der Waals surface area (Å²) in [5.74, 6) is -0.158. The quantitative estimate of drug-likeness (QED) is 0.186. The van der Waals surface area contributed by atoms with Gasteiger partial charge in [-0.15, -0.1) is 0 Å². The minimum Gasteiger partial charge on any atom is -0.460 e. The Morgan fingerprint density at radius 3 is 2.58 bits per heavy atom. The highest BCUT2D eigenvalue weighted by Crippen LogP contribution is 2.33. The number of rotatable bonds is 9. The summed E-state index contributed by atoms with van der Waals surface area (Å²) in [5.41, 5.74) is 3.86. The number of carbonyl (C=O) groups is 1. The van der Waals surface area contributed by atoms with Crippen LogP contribution >= 0.6 is 23.5 Å². The van der Waals surface area contributed by atoms with E-state index in [0.717, 1.165) is 39.4 Å². The van der Waals surface area contributed by atoms with Crippen LogP contribution in [-0.4, -0.2) is 23.4 Å². The molecular formula is C27H26ClNO3S. The largest absolute Gasteiger partial charge is 0.460 e. The fourth-order valence-corrected chi connectivity index (χ4v) is 4.85. The van der Waals surface area contributed by atoms with Gasteiger partial charge in [-0.05, 0) is 67.6 Å². The minimum atomic E-state index is -0.427. The van der Waals surface area contributed by atoms with E-state index in [1.54, 1.807) is 18.9 Å². The maximum atomic E-state index is 12.2. The van der Waals surface area contributed by atoms with E-state index in [1.807, 2.05) is 43.3 Å². The van der Waals surface area contributed by atoms with E-state index in [1.165, 1.54) is 5.56 Å². The second-order valence-corrected chi connectivity index (χ2v) is 9.29. The van der Waals surface area contributed by atoms with Gasteiger partial charge in [-0.1, -0.05) is 60.1 Å². The molecule has 33 heavy (non-hydrogen) atoms. The van der Waals surface area contributed by atoms with Crippen LogP contribution in [0.25, 0.3) is 11.0 Å². The van der Waals surface area contributed by atoms with Crippen LogP contribution in [0.1, 0.15) is 34.2 Å². The fraction of sp³-hybridized carbons (Fsp3) is 0.222. The maximum Gasteiger partial charge on any atom is 0.374 e. The molecule has 4 rings (SSSR count). The average molecular weight is 480 g/mol. The minimum absolute atomic E-state index is 0.269. The first-order chi connectivity index (χ1) is 16.0. The molecule has 1 aromatic heterocycles. The Hall–Kier alpha value is -2.73. The van der Waals surface area contributed by atoms with E-state index in [9.17, 15) is 4.79 Å². The molecule has 0 saturated carbocycles. The van der Waals surface area contributed by atoms with Crippen LogP contribution in [0, 0.1) is 6.92 Å². The van der Waals surface area contributed by atoms with Crippen molar-refractivity contribution >= 4 is 40.5 Å². The van der Waals surface area contributed by atoms with E-state index in [-0.39, 0.29) is 5.76 Å². The Morgan fingerprint density at radius 1 is 1.06 bits per heavy atom. The van der Waals surface area contributed by atoms with E-state index in [0.29, 0.717) is 18.7 Å². The molecule has 0 fully saturated rings. The summed E-state index contributed by atoms with van der Waals surface area (Å²) in [4.78, 5) is 13.3. The highest BCUT2D eigenvalue weighted by atomic mass is 35.5. The molecule has 4 aromatic rings. The number of hydrogen-bond acceptors (Lipinski definition) is 5. The van der Waals surface area contributed by atoms with Crippen LogP contribution < -0.4 is 0 Å². The number of halogens is 1. The summed E-state index contributed by atoms with van der Waals surface area (Å²) in [7, 11) is 0. The van der Waals surface area contributed by atoms with Crippen molar-refractivity contribution in [2.45, 2.75) is 31.7 Å². The number of hydrogen-bond donors (Lipinski definition) is 0. The molecule has 1 heterocycles. The number of esters is 1. The van der Waals surface area contributed by atoms with Crippen molar-refractivity contribution in [1.29, 1.82) is 0 Å². The lowest BCUT2D eigenvalue weighted by Crippen LogP contribution is -2.18. The van der Waals surface area contributed by atoms with Gasteiger partial charge in [0.15, 0.2) is 0 Å². The van der Waals surface area contributed by atoms with Crippen molar-refractivity contribution in [3.05, 3.63) is 100 Å². The Bertz CT molecular complexity index is 1240. The molecule has 0 aliphatic heterocycles. The van der Waals surface area contributed by atoms with Gasteiger partial charge in [-0.2, -0.15) is 0 Å². The number of nitrogens with zero attached hydrogens (tertiary/aromatic N) is 1. The van der Waals surface area contributed by atoms with Gasteiger partial charge >= 0.3 is 5.97 Å². The van der Waals surface area contributed by atoms with E-state index >= 15 is 0 Å². The number of furan rings is 1. The van der Waals surface area contributed by atoms with Crippen LogP contribution in [0.4, 0.5) is 0 Å². The molecule has 0 amide bonds. The van der Waals surface area contributed by atoms with Gasteiger partial charge in [-0.25, -0.2) is 9.10 Å². The summed E-state index contributed by atoms with van der Waals surface area (Å²) in [5, 5.41) is 1.69. The zero-order chi connectivity index (χ0) is 23.2. The zero-order valence-corrected chi connectivity index (χ0v) is 20.3. The first-order valence-electron chi connectivity index (χ1n) is 11.0. The third-order valence-electron chi connectivity index (χ3n) is 5.40. The lowest BCUT2D eigenvalue weighted by Gasteiger charge is -2.22. The molecule has 170 valence electrons. The van der Waals surface area contributed by atoms with Gasteiger partial charge in [0, 0.05) is 34.0 Å². The normalized spacial score (nSPS) is 11.3. The fourth-order valence-electron chi connectivity index (χ4n) is 3.67. The monoisotopic (exact) mass is 479 g/mol. The zero-order valence-electron chi connectivity index (χ0n) is 18.7. The van der Waals surface area contributed by atoms with Gasteiger partial charge in [0.25, 0.3) is 0 Å². The molecule has 3 aromatic carbocycles. The van der Waals surface area contributed by atoms with Gasteiger partial charge in [0.2, 0.25) is 5.76 Å². The molecule has 0 saturated heterocycles. The second-order valence-electron chi connectivity index (χ2n) is 7.72. The lowest BCUT2D eigenvalue weighted by atomic mass is 10.1. The Labute approximate surface area is 203 Å².